The molecule has 8 aromatic rings. The summed E-state index contributed by atoms with van der Waals surface area (Å²) in [7, 11) is 2.18. The van der Waals surface area contributed by atoms with Crippen molar-refractivity contribution in [2.24, 2.45) is 0 Å². The predicted octanol–water partition coefficient (Wildman–Crippen LogP) is 16.4. The molecule has 11 rings (SSSR count). The van der Waals surface area contributed by atoms with Crippen molar-refractivity contribution in [1.82, 2.24) is 9.55 Å². The number of benzene rings is 6. The highest BCUT2D eigenvalue weighted by molar-refractivity contribution is 6.10. The van der Waals surface area contributed by atoms with Gasteiger partial charge in [-0.25, -0.2) is 4.98 Å². The second kappa shape index (κ2) is 14.5. The SMILES string of the molecule is CN1CN2c3cc(Oc4ccc5c6cc(C(F)(F)F)ccc6n(-c6ccccn6)c5c4)ccc3C3(c4cccc1c42)c1c(cc(C(C)(C)C)cc1C(C)(C)C)-c1cc(C(C)(C)C)cc(C(C)(C)C)c13. The van der Waals surface area contributed by atoms with Crippen LogP contribution in [-0.2, 0) is 33.3 Å². The second-order valence-electron chi connectivity index (χ2n) is 23.8. The lowest BCUT2D eigenvalue weighted by Crippen LogP contribution is -2.40. The molecule has 0 radical (unpaired) electrons. The van der Waals surface area contributed by atoms with Crippen LogP contribution in [0.3, 0.4) is 0 Å². The summed E-state index contributed by atoms with van der Waals surface area (Å²) in [6.07, 6.45) is -2.79. The lowest BCUT2D eigenvalue weighted by Gasteiger charge is -2.46. The van der Waals surface area contributed by atoms with Gasteiger partial charge in [-0.15, -0.1) is 0 Å². The zero-order chi connectivity index (χ0) is 49.1. The van der Waals surface area contributed by atoms with Crippen molar-refractivity contribution in [3.63, 3.8) is 0 Å². The highest BCUT2D eigenvalue weighted by atomic mass is 19.4. The van der Waals surface area contributed by atoms with Crippen LogP contribution in [-0.4, -0.2) is 23.3 Å². The number of hydrogen-bond acceptors (Lipinski definition) is 4. The first kappa shape index (κ1) is 44.9. The van der Waals surface area contributed by atoms with E-state index in [0.717, 1.165) is 11.8 Å². The summed E-state index contributed by atoms with van der Waals surface area (Å²) < 4.78 is 51.1. The molecule has 69 heavy (non-hydrogen) atoms. The number of anilines is 3. The van der Waals surface area contributed by atoms with Gasteiger partial charge in [0.05, 0.1) is 45.7 Å². The standard InChI is InChI=1S/C61H61F3N4O/c1-56(2,3)36-28-42-43-29-37(57(4,5)6)31-47(59(10,11)12)54(43)60(53(42)46(30-36)58(7,8)9)44-24-22-39(33-51(44)67-34-66(13)49-18-16-17-45(60)55(49)67)69-38-21-23-40-41-27-35(61(62,63)64)20-25-48(41)68(50(40)32-38)52-19-14-15-26-65-52/h14-33H,34H2,1-13H3. The van der Waals surface area contributed by atoms with Gasteiger partial charge in [0.15, 0.2) is 0 Å². The summed E-state index contributed by atoms with van der Waals surface area (Å²) >= 11 is 0. The number of hydrogen-bond donors (Lipinski definition) is 0. The van der Waals surface area contributed by atoms with Crippen LogP contribution < -0.4 is 14.5 Å². The van der Waals surface area contributed by atoms with Crippen molar-refractivity contribution < 1.29 is 17.9 Å². The van der Waals surface area contributed by atoms with Gasteiger partial charge < -0.3 is 14.5 Å². The molecule has 3 aliphatic rings. The Hall–Kier alpha value is -6.54. The van der Waals surface area contributed by atoms with Gasteiger partial charge in [-0.1, -0.05) is 132 Å². The summed E-state index contributed by atoms with van der Waals surface area (Å²) in [4.78, 5) is 9.45. The van der Waals surface area contributed by atoms with Crippen LogP contribution >= 0.6 is 0 Å². The van der Waals surface area contributed by atoms with Gasteiger partial charge in [-0.2, -0.15) is 13.2 Å². The highest BCUT2D eigenvalue weighted by Crippen LogP contribution is 2.68. The van der Waals surface area contributed by atoms with Crippen molar-refractivity contribution in [3.05, 3.63) is 172 Å². The number of pyridine rings is 1. The summed E-state index contributed by atoms with van der Waals surface area (Å²) in [5, 5.41) is 1.17. The molecule has 0 unspecified atom stereocenters. The van der Waals surface area contributed by atoms with E-state index in [0.29, 0.717) is 45.8 Å². The molecule has 0 N–H and O–H groups in total. The van der Waals surface area contributed by atoms with Crippen LogP contribution in [0.25, 0.3) is 38.8 Å². The normalized spacial score (nSPS) is 15.2. The average Bonchev–Trinajstić information content (AvgIpc) is 3.89. The van der Waals surface area contributed by atoms with Gasteiger partial charge in [0.1, 0.15) is 17.3 Å². The van der Waals surface area contributed by atoms with Crippen molar-refractivity contribution in [3.8, 4) is 28.4 Å². The Balaban J connectivity index is 1.19. The van der Waals surface area contributed by atoms with E-state index < -0.39 is 17.2 Å². The number of fused-ring (bicyclic) bond motifs is 12. The van der Waals surface area contributed by atoms with Crippen LogP contribution in [0.4, 0.5) is 30.2 Å². The molecule has 4 heterocycles. The van der Waals surface area contributed by atoms with Gasteiger partial charge in [0.2, 0.25) is 0 Å². The van der Waals surface area contributed by atoms with Gasteiger partial charge in [-0.05, 0) is 132 Å². The van der Waals surface area contributed by atoms with Crippen molar-refractivity contribution in [2.45, 2.75) is 116 Å². The van der Waals surface area contributed by atoms with Gasteiger partial charge in [-0.3, -0.25) is 4.57 Å². The molecule has 6 aromatic carbocycles. The number of aromatic nitrogens is 2. The number of rotatable bonds is 3. The molecular formula is C61H61F3N4O. The minimum absolute atomic E-state index is 0.0926. The van der Waals surface area contributed by atoms with Crippen molar-refractivity contribution >= 4 is 38.9 Å². The minimum Gasteiger partial charge on any atom is -0.457 e. The quantitative estimate of drug-likeness (QED) is 0.177. The van der Waals surface area contributed by atoms with Crippen LogP contribution in [0.1, 0.15) is 133 Å². The smallest absolute Gasteiger partial charge is 0.416 e. The first-order valence-electron chi connectivity index (χ1n) is 24.2. The van der Waals surface area contributed by atoms with E-state index in [1.54, 1.807) is 6.20 Å². The maximum atomic E-state index is 14.1. The van der Waals surface area contributed by atoms with E-state index in [4.69, 9.17) is 4.74 Å². The zero-order valence-electron chi connectivity index (χ0n) is 42.1. The predicted molar refractivity (Wildman–Crippen MR) is 278 cm³/mol. The molecule has 1 aliphatic carbocycles. The Kier molecular flexibility index (Phi) is 9.45. The third-order valence-corrected chi connectivity index (χ3v) is 15.0. The van der Waals surface area contributed by atoms with E-state index in [1.807, 2.05) is 41.0 Å². The zero-order valence-corrected chi connectivity index (χ0v) is 42.1. The lowest BCUT2D eigenvalue weighted by molar-refractivity contribution is -0.137. The Labute approximate surface area is 404 Å². The summed E-state index contributed by atoms with van der Waals surface area (Å²) in [5.41, 5.74) is 16.0. The molecule has 0 fully saturated rings. The minimum atomic E-state index is -4.48. The summed E-state index contributed by atoms with van der Waals surface area (Å²) in [6.45, 7) is 28.8. The molecule has 0 saturated heterocycles. The molecule has 2 aromatic heterocycles. The third kappa shape index (κ3) is 6.67. The molecule has 2 aliphatic heterocycles. The van der Waals surface area contributed by atoms with E-state index in [1.165, 1.54) is 79.1 Å². The van der Waals surface area contributed by atoms with Crippen LogP contribution in [0.5, 0.6) is 11.5 Å². The molecule has 352 valence electrons. The van der Waals surface area contributed by atoms with Crippen LogP contribution in [0.2, 0.25) is 0 Å². The Morgan fingerprint density at radius 2 is 1.16 bits per heavy atom. The van der Waals surface area contributed by atoms with E-state index in [9.17, 15) is 13.2 Å². The fraction of sp³-hybridized carbons (Fsp3) is 0.328. The fourth-order valence-electron chi connectivity index (χ4n) is 11.6. The van der Waals surface area contributed by atoms with E-state index in [2.05, 4.69) is 166 Å². The Bertz CT molecular complexity index is 3360. The maximum absolute atomic E-state index is 14.1. The second-order valence-corrected chi connectivity index (χ2v) is 23.8. The van der Waals surface area contributed by atoms with Crippen LogP contribution in [0, 0.1) is 0 Å². The number of ether oxygens (including phenoxy) is 1. The van der Waals surface area contributed by atoms with E-state index in [-0.39, 0.29) is 21.7 Å². The summed E-state index contributed by atoms with van der Waals surface area (Å²) in [6, 6.07) is 38.7. The van der Waals surface area contributed by atoms with Gasteiger partial charge >= 0.3 is 6.18 Å². The number of alkyl halides is 3. The van der Waals surface area contributed by atoms with Crippen LogP contribution in [0.15, 0.2) is 121 Å². The fourth-order valence-corrected chi connectivity index (χ4v) is 11.6. The number of halogens is 3. The molecule has 0 amide bonds. The Morgan fingerprint density at radius 1 is 0.536 bits per heavy atom. The average molecular weight is 923 g/mol. The third-order valence-electron chi connectivity index (χ3n) is 15.0. The molecule has 5 nitrogen and oxygen atoms in total. The molecule has 0 bridgehead atoms. The highest BCUT2D eigenvalue weighted by Gasteiger charge is 2.57. The van der Waals surface area contributed by atoms with Crippen molar-refractivity contribution in [2.75, 3.05) is 23.5 Å². The topological polar surface area (TPSA) is 33.5 Å². The molecule has 1 spiro atoms. The lowest BCUT2D eigenvalue weighted by atomic mass is 9.59. The largest absolute Gasteiger partial charge is 0.457 e. The Morgan fingerprint density at radius 3 is 1.74 bits per heavy atom. The molecular weight excluding hydrogens is 862 g/mol. The van der Waals surface area contributed by atoms with Gasteiger partial charge in [0, 0.05) is 36.1 Å². The van der Waals surface area contributed by atoms with E-state index >= 15 is 0 Å². The number of nitrogens with zero attached hydrogens (tertiary/aromatic N) is 4. The van der Waals surface area contributed by atoms with Gasteiger partial charge in [0.25, 0.3) is 0 Å². The maximum Gasteiger partial charge on any atom is 0.416 e. The first-order valence-corrected chi connectivity index (χ1v) is 24.2. The molecule has 0 saturated carbocycles. The monoisotopic (exact) mass is 922 g/mol. The number of para-hydroxylation sites is 1. The summed E-state index contributed by atoms with van der Waals surface area (Å²) in [5.74, 6) is 1.83. The molecule has 8 heteroatoms. The molecule has 0 atom stereocenters. The van der Waals surface area contributed by atoms with Crippen molar-refractivity contribution in [1.29, 1.82) is 0 Å². The first-order chi connectivity index (χ1) is 32.3.